The highest BCUT2D eigenvalue weighted by Crippen LogP contribution is 2.24. The number of benzene rings is 1. The Balaban J connectivity index is 2.72. The van der Waals surface area contributed by atoms with Crippen molar-refractivity contribution in [1.82, 2.24) is 0 Å². The molecular weight excluding hydrogens is 232 g/mol. The molecule has 1 aromatic carbocycles. The zero-order chi connectivity index (χ0) is 14.1. The topological polar surface area (TPSA) is 29.3 Å². The molecule has 0 amide bonds. The van der Waals surface area contributed by atoms with Gasteiger partial charge >= 0.3 is 0 Å². The lowest BCUT2D eigenvalue weighted by Crippen LogP contribution is -2.26. The van der Waals surface area contributed by atoms with Crippen LogP contribution in [0.5, 0.6) is 0 Å². The fourth-order valence-electron chi connectivity index (χ4n) is 2.43. The second-order valence-corrected chi connectivity index (χ2v) is 5.45. The van der Waals surface area contributed by atoms with Crippen LogP contribution in [0.25, 0.3) is 0 Å². The normalized spacial score (nSPS) is 10.7. The highest BCUT2D eigenvalue weighted by atomic mass is 15.1. The van der Waals surface area contributed by atoms with Crippen molar-refractivity contribution in [3.05, 3.63) is 23.8 Å². The minimum absolute atomic E-state index is 0.872. The number of unbranched alkanes of at least 4 members (excludes halogenated alkanes) is 4. The second kappa shape index (κ2) is 8.84. The van der Waals surface area contributed by atoms with E-state index in [2.05, 4.69) is 37.8 Å². The number of nitrogens with two attached hydrogens (primary N) is 1. The van der Waals surface area contributed by atoms with Crippen molar-refractivity contribution in [2.75, 3.05) is 23.7 Å². The molecule has 108 valence electrons. The molecule has 1 rings (SSSR count). The Bertz CT molecular complexity index is 350. The monoisotopic (exact) mass is 262 g/mol. The van der Waals surface area contributed by atoms with Crippen molar-refractivity contribution in [2.24, 2.45) is 0 Å². The van der Waals surface area contributed by atoms with Gasteiger partial charge < -0.3 is 10.6 Å². The summed E-state index contributed by atoms with van der Waals surface area (Å²) in [5.41, 5.74) is 9.48. The molecule has 0 aromatic heterocycles. The van der Waals surface area contributed by atoms with E-state index in [0.717, 1.165) is 18.8 Å². The molecule has 0 aliphatic heterocycles. The largest absolute Gasteiger partial charge is 0.399 e. The highest BCUT2D eigenvalue weighted by molar-refractivity contribution is 5.60. The SMILES string of the molecule is CCCCCN(CCCCC)c1cc(N)ccc1C. The summed E-state index contributed by atoms with van der Waals surface area (Å²) >= 11 is 0. The number of nitrogen functional groups attached to an aromatic ring is 1. The third-order valence-electron chi connectivity index (χ3n) is 3.64. The molecule has 1 aromatic rings. The maximum absolute atomic E-state index is 5.95. The maximum atomic E-state index is 5.95. The first kappa shape index (κ1) is 15.9. The summed E-state index contributed by atoms with van der Waals surface area (Å²) in [6.45, 7) is 9.01. The predicted octanol–water partition coefficient (Wildman–Crippen LogP) is 4.76. The summed E-state index contributed by atoms with van der Waals surface area (Å²) in [4.78, 5) is 2.52. The molecule has 0 unspecified atom stereocenters. The fraction of sp³-hybridized carbons (Fsp3) is 0.647. The average molecular weight is 262 g/mol. The van der Waals surface area contributed by atoms with Crippen LogP contribution in [0.2, 0.25) is 0 Å². The molecule has 0 aliphatic carbocycles. The summed E-state index contributed by atoms with van der Waals surface area (Å²) < 4.78 is 0. The van der Waals surface area contributed by atoms with E-state index in [1.165, 1.54) is 49.8 Å². The van der Waals surface area contributed by atoms with Gasteiger partial charge in [0.1, 0.15) is 0 Å². The van der Waals surface area contributed by atoms with Gasteiger partial charge in [0.2, 0.25) is 0 Å². The molecule has 0 atom stereocenters. The van der Waals surface area contributed by atoms with E-state index in [0.29, 0.717) is 0 Å². The van der Waals surface area contributed by atoms with Gasteiger partial charge in [0, 0.05) is 24.5 Å². The van der Waals surface area contributed by atoms with Crippen LogP contribution < -0.4 is 10.6 Å². The van der Waals surface area contributed by atoms with Crippen LogP contribution in [-0.4, -0.2) is 13.1 Å². The summed E-state index contributed by atoms with van der Waals surface area (Å²) in [5, 5.41) is 0. The first-order valence-corrected chi connectivity index (χ1v) is 7.80. The quantitative estimate of drug-likeness (QED) is 0.513. The van der Waals surface area contributed by atoms with Crippen molar-refractivity contribution in [1.29, 1.82) is 0 Å². The van der Waals surface area contributed by atoms with E-state index in [1.54, 1.807) is 0 Å². The molecule has 0 saturated carbocycles. The minimum atomic E-state index is 0.872. The van der Waals surface area contributed by atoms with Gasteiger partial charge in [0.15, 0.2) is 0 Å². The Morgan fingerprint density at radius 2 is 1.53 bits per heavy atom. The molecule has 2 heteroatoms. The van der Waals surface area contributed by atoms with Crippen molar-refractivity contribution in [2.45, 2.75) is 59.3 Å². The number of anilines is 2. The van der Waals surface area contributed by atoms with Gasteiger partial charge in [-0.1, -0.05) is 45.6 Å². The first-order valence-electron chi connectivity index (χ1n) is 7.80. The molecule has 0 radical (unpaired) electrons. The number of rotatable bonds is 9. The van der Waals surface area contributed by atoms with Gasteiger partial charge in [-0.05, 0) is 37.5 Å². The van der Waals surface area contributed by atoms with Crippen molar-refractivity contribution in [3.8, 4) is 0 Å². The van der Waals surface area contributed by atoms with E-state index in [1.807, 2.05) is 6.07 Å². The first-order chi connectivity index (χ1) is 9.19. The standard InChI is InChI=1S/C17H30N2/c1-4-6-8-12-19(13-9-7-5-2)17-14-16(18)11-10-15(17)3/h10-11,14H,4-9,12-13,18H2,1-3H3. The van der Waals surface area contributed by atoms with Crippen LogP contribution in [0, 0.1) is 6.92 Å². The molecule has 0 heterocycles. The highest BCUT2D eigenvalue weighted by Gasteiger charge is 2.09. The van der Waals surface area contributed by atoms with Crippen LogP contribution >= 0.6 is 0 Å². The third-order valence-corrected chi connectivity index (χ3v) is 3.64. The number of aryl methyl sites for hydroxylation is 1. The van der Waals surface area contributed by atoms with E-state index in [4.69, 9.17) is 5.73 Å². The molecule has 0 fully saturated rings. The van der Waals surface area contributed by atoms with Gasteiger partial charge in [-0.15, -0.1) is 0 Å². The molecule has 2 nitrogen and oxygen atoms in total. The Labute approximate surface area is 119 Å². The van der Waals surface area contributed by atoms with E-state index >= 15 is 0 Å². The van der Waals surface area contributed by atoms with Crippen LogP contribution in [0.3, 0.4) is 0 Å². The van der Waals surface area contributed by atoms with E-state index in [-0.39, 0.29) is 0 Å². The molecule has 0 aliphatic rings. The molecule has 0 saturated heterocycles. The van der Waals surface area contributed by atoms with Crippen LogP contribution in [0.1, 0.15) is 57.9 Å². The van der Waals surface area contributed by atoms with E-state index < -0.39 is 0 Å². The maximum Gasteiger partial charge on any atom is 0.0416 e. The molecular formula is C17H30N2. The Morgan fingerprint density at radius 3 is 2.05 bits per heavy atom. The smallest absolute Gasteiger partial charge is 0.0416 e. The summed E-state index contributed by atoms with van der Waals surface area (Å²) in [5.74, 6) is 0. The third kappa shape index (κ3) is 5.54. The molecule has 0 bridgehead atoms. The summed E-state index contributed by atoms with van der Waals surface area (Å²) in [6.07, 6.45) is 7.72. The predicted molar refractivity (Wildman–Crippen MR) is 86.9 cm³/mol. The Morgan fingerprint density at radius 1 is 0.947 bits per heavy atom. The number of hydrogen-bond acceptors (Lipinski definition) is 2. The number of hydrogen-bond donors (Lipinski definition) is 1. The summed E-state index contributed by atoms with van der Waals surface area (Å²) in [6, 6.07) is 6.26. The van der Waals surface area contributed by atoms with Gasteiger partial charge in [-0.2, -0.15) is 0 Å². The lowest BCUT2D eigenvalue weighted by Gasteiger charge is -2.27. The molecule has 0 spiro atoms. The van der Waals surface area contributed by atoms with Gasteiger partial charge in [0.05, 0.1) is 0 Å². The zero-order valence-corrected chi connectivity index (χ0v) is 12.9. The van der Waals surface area contributed by atoms with Gasteiger partial charge in [-0.3, -0.25) is 0 Å². The Hall–Kier alpha value is -1.18. The molecule has 2 N–H and O–H groups in total. The minimum Gasteiger partial charge on any atom is -0.399 e. The Kier molecular flexibility index (Phi) is 7.39. The lowest BCUT2D eigenvalue weighted by atomic mass is 10.1. The number of nitrogens with zero attached hydrogens (tertiary/aromatic N) is 1. The van der Waals surface area contributed by atoms with Crippen molar-refractivity contribution in [3.63, 3.8) is 0 Å². The van der Waals surface area contributed by atoms with Gasteiger partial charge in [-0.25, -0.2) is 0 Å². The van der Waals surface area contributed by atoms with Crippen LogP contribution in [0.4, 0.5) is 11.4 Å². The summed E-state index contributed by atoms with van der Waals surface area (Å²) in [7, 11) is 0. The average Bonchev–Trinajstić information content (AvgIpc) is 2.40. The van der Waals surface area contributed by atoms with Gasteiger partial charge in [0.25, 0.3) is 0 Å². The van der Waals surface area contributed by atoms with Crippen molar-refractivity contribution < 1.29 is 0 Å². The fourth-order valence-corrected chi connectivity index (χ4v) is 2.43. The lowest BCUT2D eigenvalue weighted by molar-refractivity contribution is 0.636. The molecule has 19 heavy (non-hydrogen) atoms. The van der Waals surface area contributed by atoms with E-state index in [9.17, 15) is 0 Å². The second-order valence-electron chi connectivity index (χ2n) is 5.45. The zero-order valence-electron chi connectivity index (χ0n) is 12.9. The van der Waals surface area contributed by atoms with Crippen molar-refractivity contribution >= 4 is 11.4 Å². The van der Waals surface area contributed by atoms with Crippen LogP contribution in [-0.2, 0) is 0 Å². The van der Waals surface area contributed by atoms with Crippen LogP contribution in [0.15, 0.2) is 18.2 Å².